The fraction of sp³-hybridized carbons (Fsp3) is 0.933. The Morgan fingerprint density at radius 2 is 1.72 bits per heavy atom. The van der Waals surface area contributed by atoms with Gasteiger partial charge in [0.25, 0.3) is 0 Å². The summed E-state index contributed by atoms with van der Waals surface area (Å²) >= 11 is 0. The summed E-state index contributed by atoms with van der Waals surface area (Å²) in [6.45, 7) is 14.6. The molecule has 3 spiro atoms. The minimum atomic E-state index is -1.18. The molecule has 4 saturated carbocycles. The standard InChI is InChI=1S/C30H46O6/c1-15-12-16-22(25(4,5)34)36-30(35-16)21(15)26(6)13-20(32)29-14-28(29)11-10-19(31)24(2,3)17(28)8-9-18(29)27(26,7)23(30)33/h9,15-17,19-23,31-34H,8,10-14H2,1-7H3. The molecule has 6 fully saturated rings. The van der Waals surface area contributed by atoms with E-state index in [1.54, 1.807) is 13.8 Å². The van der Waals surface area contributed by atoms with Gasteiger partial charge >= 0.3 is 0 Å². The van der Waals surface area contributed by atoms with Gasteiger partial charge in [0.1, 0.15) is 12.2 Å². The Morgan fingerprint density at radius 3 is 2.39 bits per heavy atom. The lowest BCUT2D eigenvalue weighted by Gasteiger charge is -2.61. The first-order valence-corrected chi connectivity index (χ1v) is 14.4. The zero-order chi connectivity index (χ0) is 26.1. The van der Waals surface area contributed by atoms with Crippen LogP contribution in [0.5, 0.6) is 0 Å². The number of hydrogen-bond donors (Lipinski definition) is 4. The van der Waals surface area contributed by atoms with E-state index >= 15 is 0 Å². The molecular formula is C30H46O6. The minimum absolute atomic E-state index is 0.0180. The van der Waals surface area contributed by atoms with Crippen molar-refractivity contribution in [3.8, 4) is 0 Å². The van der Waals surface area contributed by atoms with Crippen LogP contribution >= 0.6 is 0 Å². The van der Waals surface area contributed by atoms with Crippen LogP contribution in [0, 0.1) is 44.8 Å². The molecule has 202 valence electrons. The van der Waals surface area contributed by atoms with Gasteiger partial charge in [-0.05, 0) is 80.5 Å². The summed E-state index contributed by atoms with van der Waals surface area (Å²) in [4.78, 5) is 0. The number of allylic oxidation sites excluding steroid dienone is 1. The predicted molar refractivity (Wildman–Crippen MR) is 134 cm³/mol. The van der Waals surface area contributed by atoms with Crippen molar-refractivity contribution in [2.24, 2.45) is 44.8 Å². The summed E-state index contributed by atoms with van der Waals surface area (Å²) in [5.74, 6) is -0.712. The van der Waals surface area contributed by atoms with Crippen molar-refractivity contribution in [3.63, 3.8) is 0 Å². The zero-order valence-electron chi connectivity index (χ0n) is 23.0. The van der Waals surface area contributed by atoms with Crippen LogP contribution in [0.4, 0.5) is 0 Å². The Bertz CT molecular complexity index is 1050. The number of hydrogen-bond acceptors (Lipinski definition) is 6. The van der Waals surface area contributed by atoms with Crippen LogP contribution < -0.4 is 0 Å². The molecule has 7 rings (SSSR count). The molecule has 7 aliphatic rings. The van der Waals surface area contributed by atoms with E-state index in [0.29, 0.717) is 12.3 Å². The highest BCUT2D eigenvalue weighted by Gasteiger charge is 2.88. The molecule has 2 heterocycles. The van der Waals surface area contributed by atoms with Crippen molar-refractivity contribution < 1.29 is 29.9 Å². The fourth-order valence-corrected chi connectivity index (χ4v) is 11.9. The normalized spacial score (nSPS) is 62.4. The molecule has 0 aromatic rings. The van der Waals surface area contributed by atoms with E-state index in [0.717, 1.165) is 32.1 Å². The van der Waals surface area contributed by atoms with Crippen LogP contribution in [0.15, 0.2) is 11.6 Å². The summed E-state index contributed by atoms with van der Waals surface area (Å²) in [5, 5.41) is 46.4. The van der Waals surface area contributed by atoms with Gasteiger partial charge in [-0.1, -0.05) is 46.3 Å². The first kappa shape index (κ1) is 24.5. The largest absolute Gasteiger partial charge is 0.393 e. The van der Waals surface area contributed by atoms with Crippen molar-refractivity contribution in [1.82, 2.24) is 0 Å². The Labute approximate surface area is 215 Å². The highest BCUT2D eigenvalue weighted by molar-refractivity contribution is 5.49. The van der Waals surface area contributed by atoms with Crippen molar-refractivity contribution in [1.29, 1.82) is 0 Å². The number of fused-ring (bicyclic) bond motifs is 4. The summed E-state index contributed by atoms with van der Waals surface area (Å²) < 4.78 is 13.4. The molecule has 13 atom stereocenters. The van der Waals surface area contributed by atoms with E-state index in [1.807, 2.05) is 0 Å². The molecule has 0 aromatic heterocycles. The molecule has 2 aliphatic heterocycles. The van der Waals surface area contributed by atoms with Crippen LogP contribution in [0.3, 0.4) is 0 Å². The van der Waals surface area contributed by atoms with Crippen LogP contribution in [0.25, 0.3) is 0 Å². The van der Waals surface area contributed by atoms with E-state index in [4.69, 9.17) is 9.47 Å². The molecule has 0 aromatic carbocycles. The van der Waals surface area contributed by atoms with E-state index < -0.39 is 40.5 Å². The van der Waals surface area contributed by atoms with E-state index in [9.17, 15) is 20.4 Å². The smallest absolute Gasteiger partial charge is 0.199 e. The maximum Gasteiger partial charge on any atom is 0.199 e. The number of ether oxygens (including phenoxy) is 2. The molecule has 6 heteroatoms. The first-order valence-electron chi connectivity index (χ1n) is 14.4. The second kappa shape index (κ2) is 6.45. The van der Waals surface area contributed by atoms with Gasteiger partial charge in [0.05, 0.1) is 23.9 Å². The van der Waals surface area contributed by atoms with Gasteiger partial charge in [0.15, 0.2) is 5.79 Å². The summed E-state index contributed by atoms with van der Waals surface area (Å²) in [7, 11) is 0. The number of aliphatic hydroxyl groups excluding tert-OH is 3. The molecule has 4 N–H and O–H groups in total. The third kappa shape index (κ3) is 2.25. The number of aliphatic hydroxyl groups is 4. The lowest BCUT2D eigenvalue weighted by molar-refractivity contribution is -0.280. The molecule has 5 aliphatic carbocycles. The van der Waals surface area contributed by atoms with Crippen LogP contribution in [0.1, 0.15) is 87.0 Å². The third-order valence-corrected chi connectivity index (χ3v) is 13.5. The molecule has 0 amide bonds. The van der Waals surface area contributed by atoms with Crippen molar-refractivity contribution >= 4 is 0 Å². The van der Waals surface area contributed by atoms with Crippen LogP contribution in [0.2, 0.25) is 0 Å². The second-order valence-electron chi connectivity index (χ2n) is 15.6. The quantitative estimate of drug-likeness (QED) is 0.410. The van der Waals surface area contributed by atoms with Crippen molar-refractivity contribution in [2.45, 2.75) is 129 Å². The Morgan fingerprint density at radius 1 is 1.03 bits per heavy atom. The molecule has 36 heavy (non-hydrogen) atoms. The highest BCUT2D eigenvalue weighted by atomic mass is 16.8. The monoisotopic (exact) mass is 502 g/mol. The molecular weight excluding hydrogens is 456 g/mol. The summed E-state index contributed by atoms with van der Waals surface area (Å²) in [6.07, 6.45) is 4.79. The molecule has 2 bridgehead atoms. The van der Waals surface area contributed by atoms with E-state index in [-0.39, 0.29) is 40.3 Å². The minimum Gasteiger partial charge on any atom is -0.393 e. The Kier molecular flexibility index (Phi) is 4.39. The van der Waals surface area contributed by atoms with E-state index in [1.165, 1.54) is 5.57 Å². The third-order valence-electron chi connectivity index (χ3n) is 13.5. The topological polar surface area (TPSA) is 99.4 Å². The van der Waals surface area contributed by atoms with Gasteiger partial charge in [-0.25, -0.2) is 0 Å². The van der Waals surface area contributed by atoms with Crippen LogP contribution in [-0.2, 0) is 9.47 Å². The molecule has 2 saturated heterocycles. The van der Waals surface area contributed by atoms with Gasteiger partial charge in [-0.2, -0.15) is 0 Å². The lowest BCUT2D eigenvalue weighted by Crippen LogP contribution is -2.59. The van der Waals surface area contributed by atoms with Crippen molar-refractivity contribution in [3.05, 3.63) is 11.6 Å². The average molecular weight is 503 g/mol. The van der Waals surface area contributed by atoms with Gasteiger partial charge < -0.3 is 29.9 Å². The maximum atomic E-state index is 12.4. The SMILES string of the molecule is CC1CC2OC3(OC2C(C)(C)O)C1C1(C)CC(O)C24CC25CCC(O)C(C)(C)C5CC=C4C1(C)C3O. The van der Waals surface area contributed by atoms with Crippen molar-refractivity contribution in [2.75, 3.05) is 0 Å². The molecule has 13 unspecified atom stereocenters. The van der Waals surface area contributed by atoms with Crippen LogP contribution in [-0.4, -0.2) is 62.3 Å². The molecule has 0 radical (unpaired) electrons. The van der Waals surface area contributed by atoms with Gasteiger partial charge in [-0.15, -0.1) is 0 Å². The Balaban J connectivity index is 1.39. The Hall–Kier alpha value is -0.500. The first-order chi connectivity index (χ1) is 16.5. The van der Waals surface area contributed by atoms with Gasteiger partial charge in [0.2, 0.25) is 0 Å². The molecule has 6 nitrogen and oxygen atoms in total. The fourth-order valence-electron chi connectivity index (χ4n) is 11.9. The van der Waals surface area contributed by atoms with Gasteiger partial charge in [0, 0.05) is 16.7 Å². The second-order valence-corrected chi connectivity index (χ2v) is 15.6. The summed E-state index contributed by atoms with van der Waals surface area (Å²) in [6, 6.07) is 0. The average Bonchev–Trinajstić information content (AvgIpc) is 3.32. The zero-order valence-corrected chi connectivity index (χ0v) is 23.0. The number of rotatable bonds is 1. The highest BCUT2D eigenvalue weighted by Crippen LogP contribution is 2.89. The maximum absolute atomic E-state index is 12.4. The van der Waals surface area contributed by atoms with E-state index in [2.05, 4.69) is 40.7 Å². The predicted octanol–water partition coefficient (Wildman–Crippen LogP) is 3.55. The van der Waals surface area contributed by atoms with Gasteiger partial charge in [-0.3, -0.25) is 0 Å². The lowest BCUT2D eigenvalue weighted by atomic mass is 9.44. The summed E-state index contributed by atoms with van der Waals surface area (Å²) in [5.41, 5.74) is -1.44.